The first kappa shape index (κ1) is 11.7. The molecule has 0 unspecified atom stereocenters. The molecule has 0 aliphatic heterocycles. The van der Waals surface area contributed by atoms with E-state index < -0.39 is 5.97 Å². The van der Waals surface area contributed by atoms with Gasteiger partial charge in [-0.3, -0.25) is 0 Å². The molecule has 17 heavy (non-hydrogen) atoms. The van der Waals surface area contributed by atoms with Crippen molar-refractivity contribution < 1.29 is 13.9 Å². The van der Waals surface area contributed by atoms with Gasteiger partial charge >= 0.3 is 5.97 Å². The molecule has 0 aliphatic carbocycles. The Morgan fingerprint density at radius 2 is 2.29 bits per heavy atom. The van der Waals surface area contributed by atoms with E-state index in [1.165, 1.54) is 36.2 Å². The molecule has 2 rings (SSSR count). The molecule has 0 amide bonds. The van der Waals surface area contributed by atoms with Crippen molar-refractivity contribution in [3.8, 4) is 5.69 Å². The molecule has 0 N–H and O–H groups in total. The van der Waals surface area contributed by atoms with Crippen LogP contribution in [0.1, 0.15) is 10.5 Å². The van der Waals surface area contributed by atoms with E-state index >= 15 is 0 Å². The van der Waals surface area contributed by atoms with Crippen molar-refractivity contribution in [1.29, 1.82) is 0 Å². The monoisotopic (exact) mass is 299 g/mol. The molecule has 0 saturated carbocycles. The summed E-state index contributed by atoms with van der Waals surface area (Å²) in [5, 5.41) is 7.41. The second-order valence-corrected chi connectivity index (χ2v) is 3.99. The molecule has 1 aromatic heterocycles. The van der Waals surface area contributed by atoms with Crippen LogP contribution in [0.2, 0.25) is 0 Å². The molecule has 88 valence electrons. The van der Waals surface area contributed by atoms with Crippen LogP contribution >= 0.6 is 15.9 Å². The number of hydrogen-bond acceptors (Lipinski definition) is 4. The predicted octanol–water partition coefficient (Wildman–Crippen LogP) is 1.96. The van der Waals surface area contributed by atoms with Crippen LogP contribution in [0.15, 0.2) is 28.9 Å². The summed E-state index contributed by atoms with van der Waals surface area (Å²) < 4.78 is 19.3. The van der Waals surface area contributed by atoms with Gasteiger partial charge in [0, 0.05) is 4.47 Å². The molecular weight excluding hydrogens is 293 g/mol. The summed E-state index contributed by atoms with van der Waals surface area (Å²) >= 11 is 3.20. The quantitative estimate of drug-likeness (QED) is 0.796. The number of carbonyl (C=O) groups excluding carboxylic acids is 1. The molecule has 0 bridgehead atoms. The zero-order chi connectivity index (χ0) is 12.4. The molecule has 7 heteroatoms. The molecular formula is C10H7BrFN3O2. The summed E-state index contributed by atoms with van der Waals surface area (Å²) in [6.45, 7) is 0. The summed E-state index contributed by atoms with van der Waals surface area (Å²) in [6.07, 6.45) is 1.41. The van der Waals surface area contributed by atoms with Gasteiger partial charge in [-0.1, -0.05) is 5.21 Å². The number of hydrogen-bond donors (Lipinski definition) is 0. The standard InChI is InChI=1S/C10H7BrFN3O2/c1-17-10(16)8-5-15(14-13-8)9-3-2-6(12)4-7(9)11/h2-5H,1H3. The predicted molar refractivity (Wildman–Crippen MR) is 60.4 cm³/mol. The Labute approximate surface area is 104 Å². The number of benzene rings is 1. The molecule has 0 spiro atoms. The molecule has 0 saturated heterocycles. The lowest BCUT2D eigenvalue weighted by Gasteiger charge is -2.02. The van der Waals surface area contributed by atoms with Crippen molar-refractivity contribution in [2.75, 3.05) is 7.11 Å². The van der Waals surface area contributed by atoms with Crippen molar-refractivity contribution in [2.24, 2.45) is 0 Å². The van der Waals surface area contributed by atoms with Crippen LogP contribution < -0.4 is 0 Å². The van der Waals surface area contributed by atoms with E-state index in [0.29, 0.717) is 10.2 Å². The Morgan fingerprint density at radius 3 is 2.94 bits per heavy atom. The van der Waals surface area contributed by atoms with E-state index in [4.69, 9.17) is 0 Å². The van der Waals surface area contributed by atoms with Crippen molar-refractivity contribution >= 4 is 21.9 Å². The van der Waals surface area contributed by atoms with Gasteiger partial charge in [0.2, 0.25) is 0 Å². The summed E-state index contributed by atoms with van der Waals surface area (Å²) in [5.41, 5.74) is 0.665. The fourth-order valence-corrected chi connectivity index (χ4v) is 1.78. The smallest absolute Gasteiger partial charge is 0.360 e. The highest BCUT2D eigenvalue weighted by Crippen LogP contribution is 2.21. The van der Waals surface area contributed by atoms with Gasteiger partial charge in [-0.15, -0.1) is 5.10 Å². The minimum Gasteiger partial charge on any atom is -0.464 e. The molecule has 0 radical (unpaired) electrons. The van der Waals surface area contributed by atoms with E-state index in [1.54, 1.807) is 0 Å². The average molecular weight is 300 g/mol. The van der Waals surface area contributed by atoms with Gasteiger partial charge in [-0.2, -0.15) is 0 Å². The van der Waals surface area contributed by atoms with Crippen molar-refractivity contribution in [3.05, 3.63) is 40.4 Å². The van der Waals surface area contributed by atoms with E-state index in [9.17, 15) is 9.18 Å². The minimum absolute atomic E-state index is 0.0868. The lowest BCUT2D eigenvalue weighted by Crippen LogP contribution is -2.01. The zero-order valence-corrected chi connectivity index (χ0v) is 10.3. The second kappa shape index (κ2) is 4.62. The van der Waals surface area contributed by atoms with Gasteiger partial charge in [-0.25, -0.2) is 13.9 Å². The Bertz CT molecular complexity index is 570. The van der Waals surface area contributed by atoms with E-state index in [2.05, 4.69) is 31.0 Å². The number of nitrogens with zero attached hydrogens (tertiary/aromatic N) is 3. The maximum absolute atomic E-state index is 12.9. The number of esters is 1. The van der Waals surface area contributed by atoms with Gasteiger partial charge in [0.1, 0.15) is 5.82 Å². The molecule has 2 aromatic rings. The van der Waals surface area contributed by atoms with Gasteiger partial charge in [0.05, 0.1) is 19.0 Å². The van der Waals surface area contributed by atoms with Crippen LogP contribution in [-0.2, 0) is 4.74 Å². The Balaban J connectivity index is 2.40. The molecule has 5 nitrogen and oxygen atoms in total. The maximum Gasteiger partial charge on any atom is 0.360 e. The topological polar surface area (TPSA) is 57.0 Å². The normalized spacial score (nSPS) is 10.3. The number of rotatable bonds is 2. The number of methoxy groups -OCH3 is 1. The van der Waals surface area contributed by atoms with Crippen molar-refractivity contribution in [1.82, 2.24) is 15.0 Å². The van der Waals surface area contributed by atoms with Gasteiger partial charge in [-0.05, 0) is 34.1 Å². The summed E-state index contributed by atoms with van der Waals surface area (Å²) in [5.74, 6) is -0.941. The lowest BCUT2D eigenvalue weighted by atomic mass is 10.3. The lowest BCUT2D eigenvalue weighted by molar-refractivity contribution is 0.0594. The van der Waals surface area contributed by atoms with Crippen LogP contribution in [0, 0.1) is 5.82 Å². The molecule has 0 fully saturated rings. The molecule has 1 heterocycles. The fraction of sp³-hybridized carbons (Fsp3) is 0.100. The third kappa shape index (κ3) is 2.33. The van der Waals surface area contributed by atoms with Gasteiger partial charge < -0.3 is 4.74 Å². The highest BCUT2D eigenvalue weighted by atomic mass is 79.9. The Kier molecular flexibility index (Phi) is 3.19. The first-order chi connectivity index (χ1) is 8.11. The Morgan fingerprint density at radius 1 is 1.53 bits per heavy atom. The summed E-state index contributed by atoms with van der Waals surface area (Å²) in [4.78, 5) is 11.2. The third-order valence-electron chi connectivity index (χ3n) is 2.04. The number of ether oxygens (including phenoxy) is 1. The van der Waals surface area contributed by atoms with Crippen LogP contribution in [-0.4, -0.2) is 28.1 Å². The largest absolute Gasteiger partial charge is 0.464 e. The zero-order valence-electron chi connectivity index (χ0n) is 8.72. The number of halogens is 2. The second-order valence-electron chi connectivity index (χ2n) is 3.14. The third-order valence-corrected chi connectivity index (χ3v) is 2.68. The van der Waals surface area contributed by atoms with E-state index in [-0.39, 0.29) is 11.5 Å². The molecule has 0 atom stereocenters. The maximum atomic E-state index is 12.9. The van der Waals surface area contributed by atoms with Crippen LogP contribution in [0.3, 0.4) is 0 Å². The highest BCUT2D eigenvalue weighted by molar-refractivity contribution is 9.10. The summed E-state index contributed by atoms with van der Waals surface area (Å²) in [7, 11) is 1.26. The van der Waals surface area contributed by atoms with E-state index in [0.717, 1.165) is 0 Å². The van der Waals surface area contributed by atoms with Crippen LogP contribution in [0.4, 0.5) is 4.39 Å². The van der Waals surface area contributed by atoms with Gasteiger partial charge in [0.15, 0.2) is 5.69 Å². The first-order valence-electron chi connectivity index (χ1n) is 4.58. The number of carbonyl (C=O) groups is 1. The highest BCUT2D eigenvalue weighted by Gasteiger charge is 2.12. The van der Waals surface area contributed by atoms with Crippen molar-refractivity contribution in [2.45, 2.75) is 0 Å². The summed E-state index contributed by atoms with van der Waals surface area (Å²) in [6, 6.07) is 4.11. The minimum atomic E-state index is -0.575. The van der Waals surface area contributed by atoms with Crippen molar-refractivity contribution in [3.63, 3.8) is 0 Å². The SMILES string of the molecule is COC(=O)c1cn(-c2ccc(F)cc2Br)nn1. The average Bonchev–Trinajstić information content (AvgIpc) is 2.77. The van der Waals surface area contributed by atoms with Crippen LogP contribution in [0.25, 0.3) is 5.69 Å². The molecule has 0 aliphatic rings. The Hall–Kier alpha value is -1.76. The van der Waals surface area contributed by atoms with E-state index in [1.807, 2.05) is 0 Å². The van der Waals surface area contributed by atoms with Crippen LogP contribution in [0.5, 0.6) is 0 Å². The molecule has 1 aromatic carbocycles. The number of aromatic nitrogens is 3. The fourth-order valence-electron chi connectivity index (χ4n) is 1.25. The van der Waals surface area contributed by atoms with Gasteiger partial charge in [0.25, 0.3) is 0 Å². The first-order valence-corrected chi connectivity index (χ1v) is 5.37.